The molecule has 0 aromatic heterocycles. The molecule has 0 bridgehead atoms. The Kier molecular flexibility index (Phi) is 58.3. The SMILES string of the molecule is CC(=O)OO.CCCCCC(=O)CCC1C(S)CC(=O)[C@@H]1CCCCCCC(=O)OC.CCCCCC(=O)CCC1C=CC(=O)[C@@H]1C/C=C\CCCC(=O)OC.CCCCCC1(O)CC[C@H]2[C@@H](CC(=O)[C@@H]2CC=CCCCC(=O)OC)S1.CCCCCCCC1(CCC2C(O)CC(O)[C@@H]2C/C=C\CCCC(=O)OC)OCCO1. The van der Waals surface area contributed by atoms with Crippen LogP contribution in [0, 0.1) is 47.3 Å². The molecule has 648 valence electrons. The molecule has 3 saturated carbocycles. The molecular weight excluding hydrogens is 1480 g/mol. The molecule has 2 saturated heterocycles. The lowest BCUT2D eigenvalue weighted by Gasteiger charge is -2.39. The van der Waals surface area contributed by atoms with Crippen LogP contribution in [0.2, 0.25) is 0 Å². The van der Waals surface area contributed by atoms with E-state index < -0.39 is 28.9 Å². The van der Waals surface area contributed by atoms with Crippen LogP contribution in [0.5, 0.6) is 0 Å². The average molecular weight is 1630 g/mol. The third kappa shape index (κ3) is 45.0. The lowest BCUT2D eigenvalue weighted by Crippen LogP contribution is -2.36. The van der Waals surface area contributed by atoms with Crippen LogP contribution in [0.15, 0.2) is 48.6 Å². The van der Waals surface area contributed by atoms with E-state index in [0.717, 1.165) is 193 Å². The van der Waals surface area contributed by atoms with Gasteiger partial charge in [-0.2, -0.15) is 17.9 Å². The fourth-order valence-corrected chi connectivity index (χ4v) is 18.6. The minimum Gasteiger partial charge on any atom is -0.469 e. The van der Waals surface area contributed by atoms with Gasteiger partial charge in [0.1, 0.15) is 28.1 Å². The molecule has 23 heteroatoms. The molecule has 0 aromatic carbocycles. The standard InChI is InChI=1S/C25H44O6.C21H34O4S.C21H36O4S.C21H32O4.C2H4O3/c1-3-4-5-8-11-15-25(30-17-18-31-25)16-14-21-20(22(26)19-23(21)27)12-9-6-7-10-13-24(28)29-2;1-3-4-9-13-21(24)14-12-17-16(18(22)15-19(17)26-21)10-7-5-6-8-11-20(23)25-2;1-3-4-7-10-16(22)13-14-18-17(19(23)15-20(18)26)11-8-5-6-9-12-21(24)25-2;1-3-4-7-10-18(22)15-13-17-14-16-20(23)19(17)11-8-5-6-9-12-21(24)25-2;1-2(3)5-4/h6,9,20-23,26-27H,3-5,7-8,10-19H2,1-2H3;5,7,16-17,19,24H,3-4,6,8-15H2,1-2H3;17-18,20,26H,3-15H2,1-2H3;5,8,14,16-17,19H,3-4,6-7,9-13,15H2,1-2H3;4H,1H3/b9-6-;;;8-5-;/t20-,21?,22?,23?;16-,17-,19-,21?;17-,18?,20?;17?,19-;/m1111./s1. The van der Waals surface area contributed by atoms with Gasteiger partial charge in [-0.25, -0.2) is 4.79 Å². The van der Waals surface area contributed by atoms with Gasteiger partial charge in [-0.15, -0.1) is 11.8 Å². The zero-order valence-electron chi connectivity index (χ0n) is 70.8. The number of thioether (sulfide) groups is 1. The van der Waals surface area contributed by atoms with Crippen LogP contribution in [-0.2, 0) is 81.3 Å². The summed E-state index contributed by atoms with van der Waals surface area (Å²) in [5.74, 6) is 0.727. The Morgan fingerprint density at radius 2 is 0.956 bits per heavy atom. The third-order valence-corrected chi connectivity index (χ3v) is 25.3. The van der Waals surface area contributed by atoms with Crippen molar-refractivity contribution in [3.63, 3.8) is 0 Å². The predicted octanol–water partition coefficient (Wildman–Crippen LogP) is 18.7. The lowest BCUT2D eigenvalue weighted by molar-refractivity contribution is -0.231. The highest BCUT2D eigenvalue weighted by Crippen LogP contribution is 2.53. The third-order valence-electron chi connectivity index (χ3n) is 23.1. The minimum atomic E-state index is -0.690. The van der Waals surface area contributed by atoms with Crippen LogP contribution >= 0.6 is 24.4 Å². The number of thiol groups is 1. The van der Waals surface area contributed by atoms with E-state index in [-0.39, 0.29) is 76.3 Å². The van der Waals surface area contributed by atoms with Crippen molar-refractivity contribution in [2.75, 3.05) is 41.7 Å². The Hall–Kier alpha value is -4.88. The average Bonchev–Trinajstić information content (AvgIpc) is 1.65. The summed E-state index contributed by atoms with van der Waals surface area (Å²) in [5.41, 5.74) is 0. The maximum atomic E-state index is 12.5. The number of hydrogen-bond acceptors (Lipinski definition) is 23. The van der Waals surface area contributed by atoms with Crippen LogP contribution in [-0.4, -0.2) is 154 Å². The summed E-state index contributed by atoms with van der Waals surface area (Å²) in [6, 6.07) is 0. The summed E-state index contributed by atoms with van der Waals surface area (Å²) in [7, 11) is 5.62. The second-order valence-electron chi connectivity index (χ2n) is 31.8. The molecular formula is C90H150O21S2. The molecule has 7 unspecified atom stereocenters. The van der Waals surface area contributed by atoms with Crippen LogP contribution in [0.25, 0.3) is 0 Å². The van der Waals surface area contributed by atoms with E-state index in [2.05, 4.69) is 88.5 Å². The zero-order valence-corrected chi connectivity index (χ0v) is 72.5. The number of ether oxygens (including phenoxy) is 6. The van der Waals surface area contributed by atoms with E-state index in [1.165, 1.54) is 67.0 Å². The molecule has 5 fully saturated rings. The Morgan fingerprint density at radius 3 is 1.50 bits per heavy atom. The normalized spacial score (nSPS) is 24.7. The van der Waals surface area contributed by atoms with Crippen LogP contribution in [0.4, 0.5) is 0 Å². The summed E-state index contributed by atoms with van der Waals surface area (Å²) in [5, 5.41) is 39.6. The number of hydrogen-bond donors (Lipinski definition) is 5. The van der Waals surface area contributed by atoms with Crippen LogP contribution < -0.4 is 0 Å². The van der Waals surface area contributed by atoms with Gasteiger partial charge in [-0.1, -0.05) is 154 Å². The first-order chi connectivity index (χ1) is 54.3. The van der Waals surface area contributed by atoms with Gasteiger partial charge in [0.05, 0.1) is 53.9 Å². The van der Waals surface area contributed by atoms with Crippen molar-refractivity contribution in [1.29, 1.82) is 0 Å². The van der Waals surface area contributed by atoms with Crippen molar-refractivity contribution in [3.05, 3.63) is 48.6 Å². The zero-order chi connectivity index (χ0) is 83.7. The number of aliphatic hydroxyl groups excluding tert-OH is 2. The number of ketones is 5. The summed E-state index contributed by atoms with van der Waals surface area (Å²) >= 11 is 6.30. The first-order valence-electron chi connectivity index (χ1n) is 43.4. The highest BCUT2D eigenvalue weighted by Gasteiger charge is 2.50. The Balaban J connectivity index is 0.000000502. The number of fused-ring (bicyclic) bond motifs is 1. The van der Waals surface area contributed by atoms with E-state index in [4.69, 9.17) is 14.7 Å². The largest absolute Gasteiger partial charge is 0.469 e. The number of allylic oxidation sites excluding steroid dienone is 8. The van der Waals surface area contributed by atoms with Crippen LogP contribution in [0.1, 0.15) is 336 Å². The van der Waals surface area contributed by atoms with Crippen molar-refractivity contribution in [2.24, 2.45) is 47.3 Å². The second-order valence-corrected chi connectivity index (χ2v) is 34.1. The van der Waals surface area contributed by atoms with Gasteiger partial charge in [0.15, 0.2) is 11.6 Å². The van der Waals surface area contributed by atoms with E-state index in [0.29, 0.717) is 125 Å². The molecule has 113 heavy (non-hydrogen) atoms. The lowest BCUT2D eigenvalue weighted by atomic mass is 9.85. The highest BCUT2D eigenvalue weighted by atomic mass is 32.2. The number of methoxy groups -OCH3 is 4. The number of esters is 4. The maximum Gasteiger partial charge on any atom is 0.339 e. The maximum absolute atomic E-state index is 12.5. The summed E-state index contributed by atoms with van der Waals surface area (Å²) in [4.78, 5) is 117. The van der Waals surface area contributed by atoms with Gasteiger partial charge in [0.2, 0.25) is 0 Å². The van der Waals surface area contributed by atoms with Crippen molar-refractivity contribution >= 4 is 83.2 Å². The van der Waals surface area contributed by atoms with Crippen molar-refractivity contribution in [1.82, 2.24) is 0 Å². The Morgan fingerprint density at radius 1 is 0.504 bits per heavy atom. The first-order valence-corrected chi connectivity index (χ1v) is 44.8. The van der Waals surface area contributed by atoms with E-state index in [1.54, 1.807) is 17.8 Å². The molecule has 4 aliphatic carbocycles. The Bertz CT molecular complexity index is 2810. The fourth-order valence-electron chi connectivity index (χ4n) is 16.3. The molecule has 6 rings (SSSR count). The van der Waals surface area contributed by atoms with Crippen molar-refractivity contribution < 1.29 is 102 Å². The Labute approximate surface area is 688 Å². The molecule has 6 aliphatic rings. The van der Waals surface area contributed by atoms with Crippen molar-refractivity contribution in [2.45, 2.75) is 370 Å². The van der Waals surface area contributed by atoms with Crippen LogP contribution in [0.3, 0.4) is 0 Å². The number of rotatable bonds is 52. The summed E-state index contributed by atoms with van der Waals surface area (Å²) < 4.78 is 30.6. The van der Waals surface area contributed by atoms with Gasteiger partial charge < -0.3 is 48.6 Å². The number of carbonyl (C=O) groups is 10. The first kappa shape index (κ1) is 104. The smallest absolute Gasteiger partial charge is 0.339 e. The minimum absolute atomic E-state index is 0.0275. The molecule has 4 N–H and O–H groups in total. The number of Topliss-reactive ketones (excluding diaryl/α,β-unsaturated/α-hetero) is 4. The monoisotopic (exact) mass is 1630 g/mol. The summed E-state index contributed by atoms with van der Waals surface area (Å²) in [6.45, 7) is 11.1. The van der Waals surface area contributed by atoms with Crippen molar-refractivity contribution in [3.8, 4) is 0 Å². The molecule has 0 amide bonds. The van der Waals surface area contributed by atoms with Gasteiger partial charge in [0.25, 0.3) is 0 Å². The molecule has 2 heterocycles. The highest BCUT2D eigenvalue weighted by molar-refractivity contribution is 8.01. The van der Waals surface area contributed by atoms with Gasteiger partial charge in [-0.3, -0.25) is 43.2 Å². The second kappa shape index (κ2) is 63.2. The summed E-state index contributed by atoms with van der Waals surface area (Å²) in [6.07, 6.45) is 55.4. The number of carbonyl (C=O) groups excluding carboxylic acids is 10. The molecule has 21 nitrogen and oxygen atoms in total. The van der Waals surface area contributed by atoms with E-state index in [9.17, 15) is 63.3 Å². The number of unbranched alkanes of at least 4 members (excludes halogenated alkanes) is 16. The molecule has 0 radical (unpaired) electrons. The predicted molar refractivity (Wildman–Crippen MR) is 447 cm³/mol. The quantitative estimate of drug-likeness (QED) is 0.00718. The van der Waals surface area contributed by atoms with Gasteiger partial charge in [-0.05, 0) is 177 Å². The topological polar surface area (TPSA) is 316 Å². The van der Waals surface area contributed by atoms with Gasteiger partial charge >= 0.3 is 29.8 Å². The van der Waals surface area contributed by atoms with Gasteiger partial charge in [0, 0.05) is 112 Å². The molecule has 0 spiro atoms. The molecule has 13 atom stereocenters. The number of aliphatic hydroxyl groups is 3. The molecule has 0 aromatic rings. The fraction of sp³-hybridized carbons (Fsp3) is 0.800. The van der Waals surface area contributed by atoms with E-state index in [1.807, 2.05) is 18.2 Å². The molecule has 2 aliphatic heterocycles. The van der Waals surface area contributed by atoms with E-state index >= 15 is 0 Å².